The summed E-state index contributed by atoms with van der Waals surface area (Å²) in [4.78, 5) is 22.6. The van der Waals surface area contributed by atoms with Gasteiger partial charge in [0.2, 0.25) is 0 Å². The second-order valence-electron chi connectivity index (χ2n) is 16.3. The lowest BCUT2D eigenvalue weighted by Gasteiger charge is -2.20. The lowest BCUT2D eigenvalue weighted by Crippen LogP contribution is -2.28. The first kappa shape index (κ1) is 62.6. The van der Waals surface area contributed by atoms with Gasteiger partial charge >= 0.3 is 13.8 Å². The van der Waals surface area contributed by atoms with Crippen LogP contribution >= 0.6 is 7.82 Å². The third-order valence-corrected chi connectivity index (χ3v) is 11.0. The largest absolute Gasteiger partial charge is 0.472 e. The number of hydrogen-bond donors (Lipinski definition) is 2. The molecule has 0 aromatic rings. The number of phosphoric ester groups is 1. The van der Waals surface area contributed by atoms with Crippen LogP contribution in [-0.2, 0) is 27.9 Å². The van der Waals surface area contributed by atoms with Crippen LogP contribution in [0, 0.1) is 0 Å². The molecule has 0 radical (unpaired) electrons. The number of nitrogens with two attached hydrogens (primary N) is 1. The van der Waals surface area contributed by atoms with Crippen molar-refractivity contribution in [2.24, 2.45) is 5.73 Å². The molecule has 0 bridgehead atoms. The molecule has 66 heavy (non-hydrogen) atoms. The van der Waals surface area contributed by atoms with E-state index in [1.165, 1.54) is 32.1 Å². The monoisotopic (exact) mass is 936 g/mol. The van der Waals surface area contributed by atoms with E-state index in [9.17, 15) is 14.3 Å². The van der Waals surface area contributed by atoms with E-state index >= 15 is 0 Å². The third-order valence-electron chi connectivity index (χ3n) is 10.1. The van der Waals surface area contributed by atoms with Crippen LogP contribution in [0.5, 0.6) is 0 Å². The first-order chi connectivity index (χ1) is 32.4. The summed E-state index contributed by atoms with van der Waals surface area (Å²) in [6, 6.07) is 0. The average molecular weight is 936 g/mol. The molecule has 0 spiro atoms. The third kappa shape index (κ3) is 51.6. The van der Waals surface area contributed by atoms with Gasteiger partial charge in [0.05, 0.1) is 19.8 Å². The number of carbonyl (C=O) groups excluding carboxylic acids is 1. The maximum atomic E-state index is 12.7. The average Bonchev–Trinajstić information content (AvgIpc) is 3.31. The van der Waals surface area contributed by atoms with Gasteiger partial charge in [0.1, 0.15) is 6.10 Å². The van der Waals surface area contributed by atoms with E-state index in [1.54, 1.807) is 0 Å². The number of allylic oxidation sites excluding steroid dienone is 22. The van der Waals surface area contributed by atoms with E-state index in [2.05, 4.69) is 148 Å². The molecule has 2 atom stereocenters. The second-order valence-corrected chi connectivity index (χ2v) is 17.7. The summed E-state index contributed by atoms with van der Waals surface area (Å²) in [7, 11) is -4.31. The minimum Gasteiger partial charge on any atom is -0.457 e. The normalized spacial score (nSPS) is 14.4. The molecule has 9 heteroatoms. The van der Waals surface area contributed by atoms with Crippen molar-refractivity contribution < 1.29 is 32.8 Å². The van der Waals surface area contributed by atoms with Crippen molar-refractivity contribution in [2.75, 3.05) is 33.0 Å². The zero-order valence-corrected chi connectivity index (χ0v) is 42.5. The molecule has 0 aromatic carbocycles. The molecular weight excluding hydrogens is 842 g/mol. The van der Waals surface area contributed by atoms with Crippen LogP contribution in [0.3, 0.4) is 0 Å². The quantitative estimate of drug-likeness (QED) is 0.0268. The Hall–Kier alpha value is -3.36. The highest BCUT2D eigenvalue weighted by molar-refractivity contribution is 7.47. The van der Waals surface area contributed by atoms with E-state index in [1.807, 2.05) is 0 Å². The van der Waals surface area contributed by atoms with Gasteiger partial charge < -0.3 is 20.1 Å². The standard InChI is InChI=1S/C57H94NO7P/c1-3-5-7-9-11-13-15-17-19-21-23-25-26-27-28-29-31-33-35-37-39-41-43-45-47-49-52-62-54-56(55-64-66(60,61)63-53-51-58)65-57(59)50-48-46-44-42-40-38-36-34-32-30-24-22-20-18-16-14-12-10-8-6-4-2/h5-8,11-14,17-20,23-25,27-28,30-31,33,37,39,56H,3-4,9-10,15-16,21-22,26,29,32,34-36,38,40-55,58H2,1-2H3,(H,60,61)/b7-5-,8-6-,13-11-,14-12-,19-17-,20-18-,25-23-,28-27-,30-24-,33-31-,39-37-. The van der Waals surface area contributed by atoms with Gasteiger partial charge in [-0.25, -0.2) is 4.57 Å². The maximum Gasteiger partial charge on any atom is 0.472 e. The van der Waals surface area contributed by atoms with Gasteiger partial charge in [-0.3, -0.25) is 13.8 Å². The van der Waals surface area contributed by atoms with Gasteiger partial charge in [-0.1, -0.05) is 199 Å². The Morgan fingerprint density at radius 1 is 0.455 bits per heavy atom. The molecule has 0 rings (SSSR count). The van der Waals surface area contributed by atoms with E-state index in [0.29, 0.717) is 13.0 Å². The van der Waals surface area contributed by atoms with Gasteiger partial charge in [-0.15, -0.1) is 0 Å². The molecule has 374 valence electrons. The highest BCUT2D eigenvalue weighted by Gasteiger charge is 2.25. The van der Waals surface area contributed by atoms with Crippen LogP contribution in [-0.4, -0.2) is 49.9 Å². The summed E-state index contributed by atoms with van der Waals surface area (Å²) in [5.41, 5.74) is 5.39. The molecule has 2 unspecified atom stereocenters. The predicted molar refractivity (Wildman–Crippen MR) is 283 cm³/mol. The fourth-order valence-corrected chi connectivity index (χ4v) is 7.14. The van der Waals surface area contributed by atoms with Crippen LogP contribution in [0.15, 0.2) is 134 Å². The van der Waals surface area contributed by atoms with Crippen LogP contribution in [0.1, 0.15) is 181 Å². The van der Waals surface area contributed by atoms with Crippen LogP contribution in [0.4, 0.5) is 0 Å². The molecule has 8 nitrogen and oxygen atoms in total. The lowest BCUT2D eigenvalue weighted by molar-refractivity contribution is -0.154. The Morgan fingerprint density at radius 2 is 0.803 bits per heavy atom. The summed E-state index contributed by atoms with van der Waals surface area (Å²) in [6.45, 7) is 4.59. The van der Waals surface area contributed by atoms with Gasteiger partial charge in [0.25, 0.3) is 0 Å². The van der Waals surface area contributed by atoms with Gasteiger partial charge in [-0.2, -0.15) is 0 Å². The van der Waals surface area contributed by atoms with E-state index in [0.717, 1.165) is 128 Å². The number of esters is 1. The number of rotatable bonds is 47. The second kappa shape index (κ2) is 52.6. The molecule has 0 aromatic heterocycles. The fourth-order valence-electron chi connectivity index (χ4n) is 6.38. The maximum absolute atomic E-state index is 12.7. The number of ether oxygens (including phenoxy) is 2. The van der Waals surface area contributed by atoms with E-state index in [4.69, 9.17) is 24.3 Å². The summed E-state index contributed by atoms with van der Waals surface area (Å²) >= 11 is 0. The van der Waals surface area contributed by atoms with Crippen LogP contribution in [0.2, 0.25) is 0 Å². The molecule has 0 aliphatic carbocycles. The van der Waals surface area contributed by atoms with Crippen LogP contribution < -0.4 is 5.73 Å². The minimum atomic E-state index is -4.31. The molecule has 0 fully saturated rings. The number of phosphoric acid groups is 1. The summed E-state index contributed by atoms with van der Waals surface area (Å²) < 4.78 is 33.6. The molecule has 3 N–H and O–H groups in total. The summed E-state index contributed by atoms with van der Waals surface area (Å²) in [6.07, 6.45) is 74.8. The van der Waals surface area contributed by atoms with Gasteiger partial charge in [-0.05, 0) is 109 Å². The first-order valence-corrected chi connectivity index (χ1v) is 27.2. The van der Waals surface area contributed by atoms with Crippen molar-refractivity contribution >= 4 is 13.8 Å². The fraction of sp³-hybridized carbons (Fsp3) is 0.596. The summed E-state index contributed by atoms with van der Waals surface area (Å²) in [5.74, 6) is -0.354. The number of unbranched alkanes of at least 4 members (excludes halogenated alkanes) is 12. The van der Waals surface area contributed by atoms with Crippen molar-refractivity contribution in [1.82, 2.24) is 0 Å². The summed E-state index contributed by atoms with van der Waals surface area (Å²) in [5, 5.41) is 0. The topological polar surface area (TPSA) is 117 Å². The molecular formula is C57H94NO7P. The Morgan fingerprint density at radius 3 is 1.20 bits per heavy atom. The van der Waals surface area contributed by atoms with Crippen molar-refractivity contribution in [2.45, 2.75) is 187 Å². The zero-order valence-electron chi connectivity index (χ0n) is 41.6. The van der Waals surface area contributed by atoms with Crippen LogP contribution in [0.25, 0.3) is 0 Å². The minimum absolute atomic E-state index is 0.0856. The van der Waals surface area contributed by atoms with Gasteiger partial charge in [0, 0.05) is 19.6 Å². The molecule has 0 aliphatic heterocycles. The highest BCUT2D eigenvalue weighted by atomic mass is 31.2. The van der Waals surface area contributed by atoms with Crippen molar-refractivity contribution in [3.8, 4) is 0 Å². The van der Waals surface area contributed by atoms with E-state index in [-0.39, 0.29) is 32.3 Å². The SMILES string of the molecule is CC/C=C\C/C=C\C/C=C\C/C=C\C/C=C\C/C=C\C/C=C\CCCCCCOCC(COP(=O)(O)OCCN)OC(=O)CCCCCCCCCC/C=C\C/C=C\C/C=C\C/C=C\CC. The molecule has 0 saturated heterocycles. The number of carbonyl (C=O) groups is 1. The Bertz CT molecular complexity index is 1470. The number of hydrogen-bond acceptors (Lipinski definition) is 7. The lowest BCUT2D eigenvalue weighted by atomic mass is 10.1. The van der Waals surface area contributed by atoms with Crippen molar-refractivity contribution in [3.63, 3.8) is 0 Å². The van der Waals surface area contributed by atoms with Crippen molar-refractivity contribution in [1.29, 1.82) is 0 Å². The Kier molecular flexibility index (Phi) is 49.9. The van der Waals surface area contributed by atoms with Crippen molar-refractivity contribution in [3.05, 3.63) is 134 Å². The first-order valence-electron chi connectivity index (χ1n) is 25.7. The predicted octanol–water partition coefficient (Wildman–Crippen LogP) is 16.3. The Balaban J connectivity index is 4.08. The highest BCUT2D eigenvalue weighted by Crippen LogP contribution is 2.43. The molecule has 0 heterocycles. The zero-order chi connectivity index (χ0) is 48.0. The van der Waals surface area contributed by atoms with E-state index < -0.39 is 13.9 Å². The smallest absolute Gasteiger partial charge is 0.457 e. The Labute approximate surface area is 404 Å². The molecule has 0 aliphatic rings. The van der Waals surface area contributed by atoms with Gasteiger partial charge in [0.15, 0.2) is 0 Å². The molecule has 0 amide bonds. The molecule has 0 saturated carbocycles.